The highest BCUT2D eigenvalue weighted by atomic mass is 16.2. The van der Waals surface area contributed by atoms with Crippen LogP contribution in [0.4, 0.5) is 5.69 Å². The van der Waals surface area contributed by atoms with Crippen molar-refractivity contribution in [1.29, 1.82) is 0 Å². The van der Waals surface area contributed by atoms with Crippen LogP contribution in [0.5, 0.6) is 0 Å². The van der Waals surface area contributed by atoms with Gasteiger partial charge in [-0.3, -0.25) is 9.59 Å². The van der Waals surface area contributed by atoms with Crippen molar-refractivity contribution in [3.63, 3.8) is 0 Å². The molecule has 4 aromatic rings. The van der Waals surface area contributed by atoms with E-state index in [4.69, 9.17) is 0 Å². The highest BCUT2D eigenvalue weighted by molar-refractivity contribution is 6.01. The first-order valence-electron chi connectivity index (χ1n) is 9.80. The van der Waals surface area contributed by atoms with Gasteiger partial charge in [-0.2, -0.15) is 10.2 Å². The van der Waals surface area contributed by atoms with Gasteiger partial charge in [-0.25, -0.2) is 19.3 Å². The number of anilines is 1. The fraction of sp³-hybridized carbons (Fsp3) is 0.238. The van der Waals surface area contributed by atoms with Crippen LogP contribution < -0.4 is 10.6 Å². The molecule has 158 valence electrons. The van der Waals surface area contributed by atoms with Crippen LogP contribution >= 0.6 is 0 Å². The van der Waals surface area contributed by atoms with Crippen molar-refractivity contribution in [2.45, 2.75) is 26.8 Å². The number of fused-ring (bicyclic) bond motifs is 1. The average molecular weight is 418 g/mol. The number of rotatable bonds is 6. The molecule has 2 N–H and O–H groups in total. The monoisotopic (exact) mass is 418 g/mol. The summed E-state index contributed by atoms with van der Waals surface area (Å²) in [6.07, 6.45) is 4.73. The third-order valence-corrected chi connectivity index (χ3v) is 4.74. The van der Waals surface area contributed by atoms with Gasteiger partial charge in [0.2, 0.25) is 5.91 Å². The van der Waals surface area contributed by atoms with Gasteiger partial charge in [-0.05, 0) is 51.1 Å². The van der Waals surface area contributed by atoms with Crippen LogP contribution in [0.2, 0.25) is 0 Å². The lowest BCUT2D eigenvalue weighted by Gasteiger charge is -2.10. The van der Waals surface area contributed by atoms with Gasteiger partial charge in [-0.1, -0.05) is 0 Å². The van der Waals surface area contributed by atoms with Gasteiger partial charge in [0.25, 0.3) is 5.91 Å². The highest BCUT2D eigenvalue weighted by Gasteiger charge is 2.16. The Morgan fingerprint density at radius 2 is 1.90 bits per heavy atom. The van der Waals surface area contributed by atoms with E-state index < -0.39 is 0 Å². The zero-order valence-corrected chi connectivity index (χ0v) is 17.4. The van der Waals surface area contributed by atoms with E-state index in [0.717, 1.165) is 16.7 Å². The number of hydrogen-bond acceptors (Lipinski definition) is 6. The molecule has 0 spiro atoms. The maximum Gasteiger partial charge on any atom is 0.253 e. The van der Waals surface area contributed by atoms with E-state index in [2.05, 4.69) is 30.8 Å². The summed E-state index contributed by atoms with van der Waals surface area (Å²) in [6, 6.07) is 9.04. The maximum atomic E-state index is 12.6. The molecule has 0 unspecified atom stereocenters. The topological polar surface area (TPSA) is 120 Å². The van der Waals surface area contributed by atoms with E-state index in [1.165, 1.54) is 6.33 Å². The van der Waals surface area contributed by atoms with E-state index >= 15 is 0 Å². The number of nitrogens with zero attached hydrogens (tertiary/aromatic N) is 6. The minimum Gasteiger partial charge on any atom is -0.343 e. The molecule has 3 aromatic heterocycles. The molecule has 31 heavy (non-hydrogen) atoms. The first kappa shape index (κ1) is 20.2. The summed E-state index contributed by atoms with van der Waals surface area (Å²) in [5, 5.41) is 14.6. The van der Waals surface area contributed by atoms with Crippen LogP contribution in [0.3, 0.4) is 0 Å². The minimum absolute atomic E-state index is 0.160. The predicted molar refractivity (Wildman–Crippen MR) is 115 cm³/mol. The molecule has 4 rings (SSSR count). The second-order valence-corrected chi connectivity index (χ2v) is 7.33. The summed E-state index contributed by atoms with van der Waals surface area (Å²) < 4.78 is 3.43. The molecule has 1 aromatic carbocycles. The number of aromatic nitrogens is 6. The molecule has 0 aliphatic heterocycles. The number of hydrogen-bond donors (Lipinski definition) is 2. The molecule has 0 aliphatic rings. The lowest BCUT2D eigenvalue weighted by molar-refractivity contribution is -0.115. The van der Waals surface area contributed by atoms with Gasteiger partial charge in [0.05, 0.1) is 29.7 Å². The van der Waals surface area contributed by atoms with Gasteiger partial charge < -0.3 is 10.6 Å². The fourth-order valence-corrected chi connectivity index (χ4v) is 3.17. The number of carbonyl (C=O) groups is 2. The lowest BCUT2D eigenvalue weighted by Crippen LogP contribution is -2.33. The molecule has 0 radical (unpaired) electrons. The zero-order chi connectivity index (χ0) is 22.0. The molecule has 0 fully saturated rings. The number of amides is 2. The maximum absolute atomic E-state index is 12.6. The summed E-state index contributed by atoms with van der Waals surface area (Å²) in [7, 11) is 0. The van der Waals surface area contributed by atoms with Crippen molar-refractivity contribution in [2.24, 2.45) is 0 Å². The Labute approximate surface area is 178 Å². The minimum atomic E-state index is -0.360. The van der Waals surface area contributed by atoms with Crippen molar-refractivity contribution >= 4 is 28.5 Å². The number of benzene rings is 1. The first-order valence-corrected chi connectivity index (χ1v) is 9.80. The van der Waals surface area contributed by atoms with Crippen LogP contribution in [0.1, 0.15) is 35.9 Å². The van der Waals surface area contributed by atoms with Crippen molar-refractivity contribution in [3.05, 3.63) is 60.4 Å². The molecule has 2 amide bonds. The molecular formula is C21H22N8O2. The molecule has 0 aliphatic carbocycles. The Bertz CT molecular complexity index is 1230. The van der Waals surface area contributed by atoms with E-state index in [0.29, 0.717) is 16.9 Å². The van der Waals surface area contributed by atoms with Gasteiger partial charge in [0.15, 0.2) is 5.65 Å². The number of carbonyl (C=O) groups excluding carboxylic acids is 2. The van der Waals surface area contributed by atoms with Gasteiger partial charge in [-0.15, -0.1) is 0 Å². The molecular weight excluding hydrogens is 396 g/mol. The van der Waals surface area contributed by atoms with Gasteiger partial charge >= 0.3 is 0 Å². The summed E-state index contributed by atoms with van der Waals surface area (Å²) in [6.45, 7) is 5.64. The zero-order valence-electron chi connectivity index (χ0n) is 17.4. The first-order chi connectivity index (χ1) is 14.9. The number of nitrogens with one attached hydrogen (secondary N) is 2. The van der Waals surface area contributed by atoms with E-state index in [1.807, 2.05) is 30.7 Å². The number of aryl methyl sites for hydroxylation is 1. The standard InChI is InChI=1S/C21H22N8O2/c1-13(2)29-20-15(9-24-29)8-18(14(3)26-20)21(31)23-10-19(30)27-16-4-6-17(7-5-16)28-12-22-11-25-28/h4-9,11-13H,10H2,1-3H3,(H,23,31)(H,27,30). The van der Waals surface area contributed by atoms with Crippen LogP contribution in [-0.2, 0) is 4.79 Å². The summed E-state index contributed by atoms with van der Waals surface area (Å²) >= 11 is 0. The van der Waals surface area contributed by atoms with Gasteiger partial charge in [0, 0.05) is 17.1 Å². The number of pyridine rings is 1. The molecule has 0 bridgehead atoms. The van der Waals surface area contributed by atoms with Crippen molar-refractivity contribution < 1.29 is 9.59 Å². The SMILES string of the molecule is Cc1nc2c(cnn2C(C)C)cc1C(=O)NCC(=O)Nc1ccc(-n2cncn2)cc1. The molecule has 3 heterocycles. The smallest absolute Gasteiger partial charge is 0.253 e. The lowest BCUT2D eigenvalue weighted by atomic mass is 10.1. The Morgan fingerprint density at radius 1 is 1.13 bits per heavy atom. The van der Waals surface area contributed by atoms with Crippen LogP contribution in [0.25, 0.3) is 16.7 Å². The van der Waals surface area contributed by atoms with Crippen molar-refractivity contribution in [1.82, 2.24) is 34.8 Å². The van der Waals surface area contributed by atoms with E-state index in [-0.39, 0.29) is 24.4 Å². The normalized spacial score (nSPS) is 11.1. The Morgan fingerprint density at radius 3 is 2.58 bits per heavy atom. The Hall–Kier alpha value is -4.08. The van der Waals surface area contributed by atoms with Crippen molar-refractivity contribution in [2.75, 3.05) is 11.9 Å². The summed E-state index contributed by atoms with van der Waals surface area (Å²) in [4.78, 5) is 33.3. The van der Waals surface area contributed by atoms with E-state index in [1.54, 1.807) is 42.3 Å². The van der Waals surface area contributed by atoms with Gasteiger partial charge in [0.1, 0.15) is 12.7 Å². The molecule has 10 nitrogen and oxygen atoms in total. The molecule has 0 atom stereocenters. The summed E-state index contributed by atoms with van der Waals surface area (Å²) in [5.74, 6) is -0.693. The molecule has 0 saturated carbocycles. The Kier molecular flexibility index (Phi) is 5.44. The second-order valence-electron chi connectivity index (χ2n) is 7.33. The molecule has 10 heteroatoms. The Balaban J connectivity index is 1.38. The largest absolute Gasteiger partial charge is 0.343 e. The third-order valence-electron chi connectivity index (χ3n) is 4.74. The second kappa shape index (κ2) is 8.34. The molecule has 0 saturated heterocycles. The van der Waals surface area contributed by atoms with Crippen LogP contribution in [-0.4, -0.2) is 47.9 Å². The predicted octanol–water partition coefficient (Wildman–Crippen LogP) is 2.27. The van der Waals surface area contributed by atoms with E-state index in [9.17, 15) is 9.59 Å². The van der Waals surface area contributed by atoms with Crippen LogP contribution in [0, 0.1) is 6.92 Å². The summed E-state index contributed by atoms with van der Waals surface area (Å²) in [5.41, 5.74) is 3.17. The highest BCUT2D eigenvalue weighted by Crippen LogP contribution is 2.19. The quantitative estimate of drug-likeness (QED) is 0.496. The fourth-order valence-electron chi connectivity index (χ4n) is 3.17. The third kappa shape index (κ3) is 4.27. The average Bonchev–Trinajstić information content (AvgIpc) is 3.42. The van der Waals surface area contributed by atoms with Crippen LogP contribution in [0.15, 0.2) is 49.2 Å². The van der Waals surface area contributed by atoms with Crippen molar-refractivity contribution in [3.8, 4) is 5.69 Å².